The molecule has 0 bridgehead atoms. The summed E-state index contributed by atoms with van der Waals surface area (Å²) in [5.41, 5.74) is 0. The monoisotopic (exact) mass is 170 g/mol. The SMILES string of the molecule is C=C(/C=C/OC(C)=O)OC(C)=O. The molecule has 4 heteroatoms. The molecule has 0 atom stereocenters. The molecule has 0 saturated carbocycles. The van der Waals surface area contributed by atoms with Gasteiger partial charge in [0.05, 0.1) is 6.26 Å². The fourth-order valence-electron chi connectivity index (χ4n) is 0.424. The number of carbonyl (C=O) groups is 2. The van der Waals surface area contributed by atoms with Crippen LogP contribution in [0.2, 0.25) is 0 Å². The van der Waals surface area contributed by atoms with Gasteiger partial charge in [0.2, 0.25) is 0 Å². The molecule has 0 N–H and O–H groups in total. The van der Waals surface area contributed by atoms with E-state index in [1.54, 1.807) is 0 Å². The van der Waals surface area contributed by atoms with Crippen molar-refractivity contribution in [3.05, 3.63) is 24.7 Å². The summed E-state index contributed by atoms with van der Waals surface area (Å²) in [5.74, 6) is -0.780. The van der Waals surface area contributed by atoms with Gasteiger partial charge in [-0.1, -0.05) is 6.58 Å². The largest absolute Gasteiger partial charge is 0.435 e. The molecule has 0 radical (unpaired) electrons. The minimum atomic E-state index is -0.465. The molecule has 0 unspecified atom stereocenters. The summed E-state index contributed by atoms with van der Waals surface area (Å²) in [7, 11) is 0. The Bertz CT molecular complexity index is 227. The summed E-state index contributed by atoms with van der Waals surface area (Å²) < 4.78 is 8.94. The van der Waals surface area contributed by atoms with E-state index < -0.39 is 11.9 Å². The number of esters is 2. The van der Waals surface area contributed by atoms with E-state index >= 15 is 0 Å². The van der Waals surface area contributed by atoms with Crippen molar-refractivity contribution >= 4 is 11.9 Å². The maximum absolute atomic E-state index is 10.3. The van der Waals surface area contributed by atoms with Crippen LogP contribution in [-0.4, -0.2) is 11.9 Å². The summed E-state index contributed by atoms with van der Waals surface area (Å²) in [5, 5.41) is 0. The lowest BCUT2D eigenvalue weighted by Gasteiger charge is -1.97. The van der Waals surface area contributed by atoms with Gasteiger partial charge in [0.25, 0.3) is 0 Å². The third-order valence-electron chi connectivity index (χ3n) is 0.763. The Morgan fingerprint density at radius 1 is 1.25 bits per heavy atom. The van der Waals surface area contributed by atoms with Crippen LogP contribution < -0.4 is 0 Å². The maximum atomic E-state index is 10.3. The van der Waals surface area contributed by atoms with Gasteiger partial charge >= 0.3 is 11.9 Å². The predicted molar refractivity (Wildman–Crippen MR) is 41.8 cm³/mol. The first-order valence-electron chi connectivity index (χ1n) is 3.23. The predicted octanol–water partition coefficient (Wildman–Crippen LogP) is 1.14. The normalized spacial score (nSPS) is 9.50. The minimum absolute atomic E-state index is 0.128. The molecule has 12 heavy (non-hydrogen) atoms. The average Bonchev–Trinajstić information content (AvgIpc) is 1.84. The number of hydrogen-bond acceptors (Lipinski definition) is 4. The van der Waals surface area contributed by atoms with Gasteiger partial charge in [-0.25, -0.2) is 0 Å². The lowest BCUT2D eigenvalue weighted by Crippen LogP contribution is -1.96. The Morgan fingerprint density at radius 2 is 1.83 bits per heavy atom. The van der Waals surface area contributed by atoms with Gasteiger partial charge in [0.1, 0.15) is 5.76 Å². The van der Waals surface area contributed by atoms with Crippen LogP contribution >= 0.6 is 0 Å². The molecule has 0 fully saturated rings. The van der Waals surface area contributed by atoms with Crippen LogP contribution in [-0.2, 0) is 19.1 Å². The van der Waals surface area contributed by atoms with Crippen molar-refractivity contribution in [3.8, 4) is 0 Å². The van der Waals surface area contributed by atoms with E-state index in [-0.39, 0.29) is 5.76 Å². The minimum Gasteiger partial charge on any atom is -0.435 e. The van der Waals surface area contributed by atoms with E-state index in [0.717, 1.165) is 6.26 Å². The Hall–Kier alpha value is -1.58. The molecule has 0 aliphatic carbocycles. The topological polar surface area (TPSA) is 52.6 Å². The van der Waals surface area contributed by atoms with Gasteiger partial charge in [0, 0.05) is 19.9 Å². The van der Waals surface area contributed by atoms with Crippen LogP contribution in [0.1, 0.15) is 13.8 Å². The highest BCUT2D eigenvalue weighted by Gasteiger charge is 1.93. The van der Waals surface area contributed by atoms with Crippen LogP contribution in [0.25, 0.3) is 0 Å². The molecular weight excluding hydrogens is 160 g/mol. The fourth-order valence-corrected chi connectivity index (χ4v) is 0.424. The van der Waals surface area contributed by atoms with Crippen molar-refractivity contribution in [2.75, 3.05) is 0 Å². The van der Waals surface area contributed by atoms with Crippen LogP contribution in [0.4, 0.5) is 0 Å². The molecule has 0 heterocycles. The summed E-state index contributed by atoms with van der Waals surface area (Å²) in [4.78, 5) is 20.6. The van der Waals surface area contributed by atoms with E-state index in [2.05, 4.69) is 16.1 Å². The molecular formula is C8H10O4. The number of rotatable bonds is 3. The zero-order chi connectivity index (χ0) is 9.56. The molecule has 0 aliphatic rings. The van der Waals surface area contributed by atoms with Crippen molar-refractivity contribution in [1.82, 2.24) is 0 Å². The fraction of sp³-hybridized carbons (Fsp3) is 0.250. The van der Waals surface area contributed by atoms with E-state index in [9.17, 15) is 9.59 Å². The third kappa shape index (κ3) is 6.54. The van der Waals surface area contributed by atoms with Crippen LogP contribution in [0.3, 0.4) is 0 Å². The molecule has 0 aromatic rings. The van der Waals surface area contributed by atoms with Crippen molar-refractivity contribution in [2.45, 2.75) is 13.8 Å². The Morgan fingerprint density at radius 3 is 2.25 bits per heavy atom. The molecule has 0 aromatic heterocycles. The third-order valence-corrected chi connectivity index (χ3v) is 0.763. The number of carbonyl (C=O) groups excluding carboxylic acids is 2. The second kappa shape index (κ2) is 5.12. The van der Waals surface area contributed by atoms with Gasteiger partial charge in [-0.3, -0.25) is 9.59 Å². The van der Waals surface area contributed by atoms with Crippen molar-refractivity contribution in [1.29, 1.82) is 0 Å². The number of hydrogen-bond donors (Lipinski definition) is 0. The molecule has 4 nitrogen and oxygen atoms in total. The second-order valence-electron chi connectivity index (χ2n) is 1.97. The quantitative estimate of drug-likeness (QED) is 0.362. The Labute approximate surface area is 70.5 Å². The van der Waals surface area contributed by atoms with E-state index in [4.69, 9.17) is 0 Å². The Balaban J connectivity index is 3.76. The molecule has 0 aliphatic heterocycles. The first-order valence-corrected chi connectivity index (χ1v) is 3.23. The van der Waals surface area contributed by atoms with Gasteiger partial charge < -0.3 is 9.47 Å². The maximum Gasteiger partial charge on any atom is 0.308 e. The molecule has 0 spiro atoms. The smallest absolute Gasteiger partial charge is 0.308 e. The molecule has 0 aromatic carbocycles. The molecule has 66 valence electrons. The zero-order valence-corrected chi connectivity index (χ0v) is 6.99. The number of allylic oxidation sites excluding steroid dienone is 1. The average molecular weight is 170 g/mol. The first kappa shape index (κ1) is 10.4. The highest BCUT2D eigenvalue weighted by atomic mass is 16.5. The highest BCUT2D eigenvalue weighted by molar-refractivity contribution is 5.68. The van der Waals surface area contributed by atoms with Gasteiger partial charge in [-0.15, -0.1) is 0 Å². The van der Waals surface area contributed by atoms with Crippen LogP contribution in [0.15, 0.2) is 24.7 Å². The van der Waals surface area contributed by atoms with Gasteiger partial charge in [-0.2, -0.15) is 0 Å². The van der Waals surface area contributed by atoms with Crippen molar-refractivity contribution in [3.63, 3.8) is 0 Å². The van der Waals surface area contributed by atoms with E-state index in [1.807, 2.05) is 0 Å². The lowest BCUT2D eigenvalue weighted by atomic mass is 10.5. The standard InChI is InChI=1S/C8H10O4/c1-6(12-8(3)10)4-5-11-7(2)9/h4-5H,1H2,2-3H3/b5-4+. The van der Waals surface area contributed by atoms with Crippen LogP contribution in [0.5, 0.6) is 0 Å². The summed E-state index contributed by atoms with van der Waals surface area (Å²) >= 11 is 0. The lowest BCUT2D eigenvalue weighted by molar-refractivity contribution is -0.136. The zero-order valence-electron chi connectivity index (χ0n) is 6.99. The second-order valence-corrected chi connectivity index (χ2v) is 1.97. The summed E-state index contributed by atoms with van der Waals surface area (Å²) in [6.45, 7) is 5.89. The summed E-state index contributed by atoms with van der Waals surface area (Å²) in [6, 6.07) is 0. The molecule has 0 amide bonds. The summed E-state index contributed by atoms with van der Waals surface area (Å²) in [6.07, 6.45) is 2.39. The van der Waals surface area contributed by atoms with E-state index in [0.29, 0.717) is 0 Å². The van der Waals surface area contributed by atoms with Crippen LogP contribution in [0, 0.1) is 0 Å². The Kier molecular flexibility index (Phi) is 4.45. The first-order chi connectivity index (χ1) is 5.52. The van der Waals surface area contributed by atoms with Gasteiger partial charge in [-0.05, 0) is 0 Å². The number of ether oxygens (including phenoxy) is 2. The molecule has 0 rings (SSSR count). The van der Waals surface area contributed by atoms with Crippen molar-refractivity contribution in [2.24, 2.45) is 0 Å². The van der Waals surface area contributed by atoms with Gasteiger partial charge in [0.15, 0.2) is 0 Å². The van der Waals surface area contributed by atoms with E-state index in [1.165, 1.54) is 19.9 Å². The highest BCUT2D eigenvalue weighted by Crippen LogP contribution is 1.96. The van der Waals surface area contributed by atoms with Crippen molar-refractivity contribution < 1.29 is 19.1 Å². The molecule has 0 saturated heterocycles.